The maximum atomic E-state index is 12.6. The van der Waals surface area contributed by atoms with Crippen molar-refractivity contribution in [2.24, 2.45) is 12.8 Å². The molecule has 0 bridgehead atoms. The van der Waals surface area contributed by atoms with Crippen LogP contribution >= 0.6 is 34.5 Å². The molecule has 3 aromatic rings. The van der Waals surface area contributed by atoms with Crippen LogP contribution in [0.5, 0.6) is 0 Å². The fourth-order valence-corrected chi connectivity index (χ4v) is 4.00. The van der Waals surface area contributed by atoms with Crippen LogP contribution in [-0.4, -0.2) is 22.2 Å². The number of benzene rings is 1. The predicted molar refractivity (Wildman–Crippen MR) is 102 cm³/mol. The van der Waals surface area contributed by atoms with E-state index in [4.69, 9.17) is 28.9 Å². The summed E-state index contributed by atoms with van der Waals surface area (Å²) in [5, 5.41) is 7.53. The summed E-state index contributed by atoms with van der Waals surface area (Å²) in [5.74, 6) is -0.226. The number of thiophene rings is 1. The number of carbonyl (C=O) groups excluding carboxylic acids is 1. The van der Waals surface area contributed by atoms with Gasteiger partial charge in [-0.3, -0.25) is 9.48 Å². The molecule has 0 aliphatic carbocycles. The van der Waals surface area contributed by atoms with Crippen molar-refractivity contribution < 1.29 is 4.79 Å². The van der Waals surface area contributed by atoms with Crippen LogP contribution in [0.4, 0.5) is 0 Å². The van der Waals surface area contributed by atoms with Crippen LogP contribution in [0.25, 0.3) is 11.3 Å². The van der Waals surface area contributed by atoms with Gasteiger partial charge in [0.1, 0.15) is 4.34 Å². The molecule has 3 N–H and O–H groups in total. The van der Waals surface area contributed by atoms with Crippen molar-refractivity contribution in [1.29, 1.82) is 0 Å². The predicted octanol–water partition coefficient (Wildman–Crippen LogP) is 3.89. The van der Waals surface area contributed by atoms with Crippen LogP contribution in [0.3, 0.4) is 0 Å². The van der Waals surface area contributed by atoms with Gasteiger partial charge in [-0.05, 0) is 11.6 Å². The highest BCUT2D eigenvalue weighted by molar-refractivity contribution is 7.18. The Balaban J connectivity index is 1.85. The lowest BCUT2D eigenvalue weighted by Crippen LogP contribution is -2.32. The molecule has 8 heteroatoms. The Labute approximate surface area is 159 Å². The zero-order valence-electron chi connectivity index (χ0n) is 13.4. The number of halogens is 2. The quantitative estimate of drug-likeness (QED) is 0.689. The minimum absolute atomic E-state index is 0.226. The molecule has 25 heavy (non-hydrogen) atoms. The van der Waals surface area contributed by atoms with Crippen LogP contribution in [0.1, 0.15) is 21.3 Å². The van der Waals surface area contributed by atoms with Crippen molar-refractivity contribution in [3.8, 4) is 11.3 Å². The molecule has 0 spiro atoms. The molecule has 2 aromatic heterocycles. The second-order valence-corrected chi connectivity index (χ2v) is 7.50. The fraction of sp³-hybridized carbons (Fsp3) is 0.176. The number of carbonyl (C=O) groups is 1. The lowest BCUT2D eigenvalue weighted by molar-refractivity contribution is 0.0942. The largest absolute Gasteiger partial charge is 0.343 e. The van der Waals surface area contributed by atoms with Crippen LogP contribution in [0.15, 0.2) is 42.6 Å². The maximum absolute atomic E-state index is 12.6. The molecule has 5 nitrogen and oxygen atoms in total. The summed E-state index contributed by atoms with van der Waals surface area (Å²) >= 11 is 13.7. The Bertz CT molecular complexity index is 872. The second kappa shape index (κ2) is 7.58. The zero-order valence-corrected chi connectivity index (χ0v) is 15.7. The minimum Gasteiger partial charge on any atom is -0.343 e. The average Bonchev–Trinajstić information content (AvgIpc) is 3.15. The molecule has 0 saturated heterocycles. The van der Waals surface area contributed by atoms with Gasteiger partial charge in [-0.25, -0.2) is 0 Å². The average molecular weight is 395 g/mol. The van der Waals surface area contributed by atoms with Gasteiger partial charge in [0.15, 0.2) is 0 Å². The number of rotatable bonds is 5. The van der Waals surface area contributed by atoms with E-state index in [9.17, 15) is 4.79 Å². The third-order valence-corrected chi connectivity index (χ3v) is 5.44. The Hall–Kier alpha value is -1.86. The van der Waals surface area contributed by atoms with E-state index in [-0.39, 0.29) is 11.9 Å². The summed E-state index contributed by atoms with van der Waals surface area (Å²) in [4.78, 5) is 13.1. The van der Waals surface area contributed by atoms with Crippen LogP contribution in [0, 0.1) is 0 Å². The minimum atomic E-state index is -0.265. The molecular weight excluding hydrogens is 379 g/mol. The van der Waals surface area contributed by atoms with Gasteiger partial charge in [0.05, 0.1) is 27.8 Å². The normalized spacial score (nSPS) is 12.2. The smallest absolute Gasteiger partial charge is 0.261 e. The number of nitrogens with zero attached hydrogens (tertiary/aromatic N) is 2. The van der Waals surface area contributed by atoms with Crippen molar-refractivity contribution in [2.45, 2.75) is 6.04 Å². The molecule has 3 rings (SSSR count). The highest BCUT2D eigenvalue weighted by Gasteiger charge is 2.21. The topological polar surface area (TPSA) is 72.9 Å². The van der Waals surface area contributed by atoms with Crippen LogP contribution in [0.2, 0.25) is 9.36 Å². The first kappa shape index (κ1) is 17.9. The molecule has 0 aliphatic heterocycles. The van der Waals surface area contributed by atoms with Gasteiger partial charge in [-0.1, -0.05) is 53.5 Å². The molecule has 1 amide bonds. The molecule has 0 aliphatic rings. The van der Waals surface area contributed by atoms with E-state index in [1.807, 2.05) is 30.3 Å². The van der Waals surface area contributed by atoms with Gasteiger partial charge >= 0.3 is 0 Å². The molecule has 0 saturated carbocycles. The van der Waals surface area contributed by atoms with E-state index in [1.165, 1.54) is 11.3 Å². The number of amides is 1. The van der Waals surface area contributed by atoms with Crippen LogP contribution in [-0.2, 0) is 7.05 Å². The molecule has 0 unspecified atom stereocenters. The molecule has 1 atom stereocenters. The molecule has 0 radical (unpaired) electrons. The first-order chi connectivity index (χ1) is 12.0. The Kier molecular flexibility index (Phi) is 5.44. The summed E-state index contributed by atoms with van der Waals surface area (Å²) < 4.78 is 2.12. The van der Waals surface area contributed by atoms with E-state index < -0.39 is 0 Å². The van der Waals surface area contributed by atoms with Crippen molar-refractivity contribution in [3.05, 3.63) is 62.4 Å². The van der Waals surface area contributed by atoms with Gasteiger partial charge in [-0.15, -0.1) is 11.3 Å². The van der Waals surface area contributed by atoms with Gasteiger partial charge in [0.25, 0.3) is 5.91 Å². The van der Waals surface area contributed by atoms with Crippen molar-refractivity contribution in [2.75, 3.05) is 6.54 Å². The summed E-state index contributed by atoms with van der Waals surface area (Å²) in [6, 6.07) is 11.1. The Morgan fingerprint density at radius 3 is 2.68 bits per heavy atom. The Morgan fingerprint density at radius 1 is 1.36 bits per heavy atom. The van der Waals surface area contributed by atoms with E-state index >= 15 is 0 Å². The highest BCUT2D eigenvalue weighted by Crippen LogP contribution is 2.38. The molecule has 2 heterocycles. The van der Waals surface area contributed by atoms with E-state index in [1.54, 1.807) is 24.0 Å². The SMILES string of the molecule is Cn1ncc(Cl)c1-c1cc(C(=O)N[C@H](CN)c2ccccc2)sc1Cl. The lowest BCUT2D eigenvalue weighted by atomic mass is 10.1. The molecule has 130 valence electrons. The third kappa shape index (κ3) is 3.72. The second-order valence-electron chi connectivity index (χ2n) is 5.44. The van der Waals surface area contributed by atoms with E-state index in [2.05, 4.69) is 10.4 Å². The number of nitrogens with two attached hydrogens (primary N) is 1. The standard InChI is InChI=1S/C17H16Cl2N4OS/c1-23-15(12(18)9-21-23)11-7-14(25-16(11)19)17(24)22-13(8-20)10-5-3-2-4-6-10/h2-7,9,13H,8,20H2,1H3,(H,22,24)/t13-/m1/s1. The number of aryl methyl sites for hydroxylation is 1. The van der Waals surface area contributed by atoms with Gasteiger partial charge in [0, 0.05) is 19.2 Å². The van der Waals surface area contributed by atoms with Crippen molar-refractivity contribution in [1.82, 2.24) is 15.1 Å². The van der Waals surface area contributed by atoms with Crippen LogP contribution < -0.4 is 11.1 Å². The summed E-state index contributed by atoms with van der Waals surface area (Å²) in [6.07, 6.45) is 1.55. The Morgan fingerprint density at radius 2 is 2.08 bits per heavy atom. The lowest BCUT2D eigenvalue weighted by Gasteiger charge is -2.16. The number of hydrogen-bond donors (Lipinski definition) is 2. The first-order valence-corrected chi connectivity index (χ1v) is 9.11. The third-order valence-electron chi connectivity index (χ3n) is 3.80. The number of nitrogens with one attached hydrogen (secondary N) is 1. The fourth-order valence-electron chi connectivity index (χ4n) is 2.55. The highest BCUT2D eigenvalue weighted by atomic mass is 35.5. The van der Waals surface area contributed by atoms with Gasteiger partial charge < -0.3 is 11.1 Å². The maximum Gasteiger partial charge on any atom is 0.261 e. The van der Waals surface area contributed by atoms with E-state index in [0.29, 0.717) is 32.0 Å². The van der Waals surface area contributed by atoms with Crippen molar-refractivity contribution >= 4 is 40.4 Å². The monoisotopic (exact) mass is 394 g/mol. The summed E-state index contributed by atoms with van der Waals surface area (Å²) in [7, 11) is 1.77. The number of hydrogen-bond acceptors (Lipinski definition) is 4. The zero-order chi connectivity index (χ0) is 18.0. The van der Waals surface area contributed by atoms with Crippen molar-refractivity contribution in [3.63, 3.8) is 0 Å². The summed E-state index contributed by atoms with van der Waals surface area (Å²) in [6.45, 7) is 0.301. The molecule has 0 fully saturated rings. The summed E-state index contributed by atoms with van der Waals surface area (Å²) in [5.41, 5.74) is 8.14. The first-order valence-electron chi connectivity index (χ1n) is 7.54. The molecular formula is C17H16Cl2N4OS. The number of aromatic nitrogens is 2. The molecule has 1 aromatic carbocycles. The van der Waals surface area contributed by atoms with Gasteiger partial charge in [0.2, 0.25) is 0 Å². The van der Waals surface area contributed by atoms with E-state index in [0.717, 1.165) is 5.56 Å². The van der Waals surface area contributed by atoms with Gasteiger partial charge in [-0.2, -0.15) is 5.10 Å².